The van der Waals surface area contributed by atoms with Crippen molar-refractivity contribution in [2.75, 3.05) is 19.6 Å². The molecule has 1 heterocycles. The number of urea groups is 1. The number of benzene rings is 1. The third kappa shape index (κ3) is 4.67. The molecule has 23 heavy (non-hydrogen) atoms. The lowest BCUT2D eigenvalue weighted by Gasteiger charge is -2.23. The molecule has 1 aliphatic carbocycles. The molecule has 0 unspecified atom stereocenters. The van der Waals surface area contributed by atoms with E-state index in [1.807, 2.05) is 0 Å². The lowest BCUT2D eigenvalue weighted by Crippen LogP contribution is -2.39. The molecule has 0 aromatic heterocycles. The molecule has 1 aromatic rings. The van der Waals surface area contributed by atoms with Crippen LogP contribution < -0.4 is 10.6 Å². The van der Waals surface area contributed by atoms with Gasteiger partial charge >= 0.3 is 6.03 Å². The smallest absolute Gasteiger partial charge is 0.315 e. The van der Waals surface area contributed by atoms with Crippen LogP contribution >= 0.6 is 0 Å². The van der Waals surface area contributed by atoms with E-state index in [4.69, 9.17) is 0 Å². The highest BCUT2D eigenvalue weighted by atomic mass is 19.1. The maximum Gasteiger partial charge on any atom is 0.315 e. The van der Waals surface area contributed by atoms with E-state index in [0.717, 1.165) is 24.7 Å². The van der Waals surface area contributed by atoms with Crippen LogP contribution in [0, 0.1) is 11.7 Å². The molecule has 2 amide bonds. The molecule has 2 fully saturated rings. The van der Waals surface area contributed by atoms with E-state index in [-0.39, 0.29) is 11.8 Å². The fourth-order valence-corrected chi connectivity index (χ4v) is 3.71. The van der Waals surface area contributed by atoms with Gasteiger partial charge in [-0.2, -0.15) is 0 Å². The molecule has 2 N–H and O–H groups in total. The van der Waals surface area contributed by atoms with Gasteiger partial charge in [0.15, 0.2) is 0 Å². The predicted octanol–water partition coefficient (Wildman–Crippen LogP) is 2.89. The van der Waals surface area contributed by atoms with E-state index in [2.05, 4.69) is 15.5 Å². The third-order valence-corrected chi connectivity index (χ3v) is 5.08. The number of amides is 2. The zero-order valence-corrected chi connectivity index (χ0v) is 13.6. The van der Waals surface area contributed by atoms with Gasteiger partial charge in [0.05, 0.1) is 0 Å². The first-order chi connectivity index (χ1) is 11.2. The van der Waals surface area contributed by atoms with Gasteiger partial charge in [0.1, 0.15) is 5.82 Å². The van der Waals surface area contributed by atoms with E-state index in [1.165, 1.54) is 50.8 Å². The van der Waals surface area contributed by atoms with Gasteiger partial charge in [-0.1, -0.05) is 25.0 Å². The zero-order valence-electron chi connectivity index (χ0n) is 13.6. The number of carbonyl (C=O) groups excluding carboxylic acids is 1. The second kappa shape index (κ2) is 7.77. The van der Waals surface area contributed by atoms with Crippen molar-refractivity contribution in [2.45, 2.75) is 44.7 Å². The van der Waals surface area contributed by atoms with Crippen molar-refractivity contribution < 1.29 is 9.18 Å². The Bertz CT molecular complexity index is 514. The molecule has 4 nitrogen and oxygen atoms in total. The molecule has 1 aromatic carbocycles. The first-order valence-electron chi connectivity index (χ1n) is 8.71. The van der Waals surface area contributed by atoms with Crippen LogP contribution in [-0.4, -0.2) is 36.6 Å². The van der Waals surface area contributed by atoms with Crippen LogP contribution in [0.3, 0.4) is 0 Å². The van der Waals surface area contributed by atoms with Gasteiger partial charge in [0.2, 0.25) is 0 Å². The number of hydrogen-bond donors (Lipinski definition) is 2. The van der Waals surface area contributed by atoms with Crippen LogP contribution in [0.2, 0.25) is 0 Å². The average Bonchev–Trinajstić information content (AvgIpc) is 3.23. The Kier molecular flexibility index (Phi) is 5.49. The monoisotopic (exact) mass is 319 g/mol. The minimum absolute atomic E-state index is 0.145. The van der Waals surface area contributed by atoms with E-state index < -0.39 is 0 Å². The Hall–Kier alpha value is -1.62. The van der Waals surface area contributed by atoms with Gasteiger partial charge in [-0.15, -0.1) is 0 Å². The van der Waals surface area contributed by atoms with E-state index >= 15 is 0 Å². The summed E-state index contributed by atoms with van der Waals surface area (Å²) in [6.45, 7) is 3.45. The van der Waals surface area contributed by atoms with Crippen LogP contribution in [0.5, 0.6) is 0 Å². The van der Waals surface area contributed by atoms with E-state index in [0.29, 0.717) is 12.5 Å². The highest BCUT2D eigenvalue weighted by molar-refractivity contribution is 5.73. The highest BCUT2D eigenvalue weighted by Crippen LogP contribution is 2.28. The number of carbonyl (C=O) groups is 1. The summed E-state index contributed by atoms with van der Waals surface area (Å²) in [6.07, 6.45) is 6.61. The molecule has 0 bridgehead atoms. The third-order valence-electron chi connectivity index (χ3n) is 5.08. The molecule has 2 aliphatic rings. The number of nitrogens with one attached hydrogen (secondary N) is 2. The molecule has 0 spiro atoms. The number of hydrogen-bond acceptors (Lipinski definition) is 2. The van der Waals surface area contributed by atoms with Gasteiger partial charge in [0, 0.05) is 25.7 Å². The molecule has 3 rings (SSSR count). The lowest BCUT2D eigenvalue weighted by molar-refractivity contribution is 0.230. The molecule has 0 radical (unpaired) electrons. The van der Waals surface area contributed by atoms with Crippen LogP contribution in [0.4, 0.5) is 9.18 Å². The molecule has 1 atom stereocenters. The van der Waals surface area contributed by atoms with Crippen molar-refractivity contribution >= 4 is 6.03 Å². The number of nitrogens with zero attached hydrogens (tertiary/aromatic N) is 1. The van der Waals surface area contributed by atoms with E-state index in [1.54, 1.807) is 12.1 Å². The first-order valence-corrected chi connectivity index (χ1v) is 8.71. The Morgan fingerprint density at radius 1 is 1.13 bits per heavy atom. The zero-order chi connectivity index (χ0) is 16.1. The summed E-state index contributed by atoms with van der Waals surface area (Å²) >= 11 is 0. The van der Waals surface area contributed by atoms with Gasteiger partial charge in [-0.05, 0) is 49.4 Å². The van der Waals surface area contributed by atoms with Crippen molar-refractivity contribution in [1.29, 1.82) is 0 Å². The topological polar surface area (TPSA) is 44.4 Å². The summed E-state index contributed by atoms with van der Waals surface area (Å²) in [4.78, 5) is 14.5. The number of likely N-dealkylation sites (tertiary alicyclic amines) is 1. The summed E-state index contributed by atoms with van der Waals surface area (Å²) in [6, 6.07) is 6.83. The molecule has 1 saturated heterocycles. The molecule has 5 heteroatoms. The Morgan fingerprint density at radius 3 is 2.61 bits per heavy atom. The summed E-state index contributed by atoms with van der Waals surface area (Å²) in [5.74, 6) is 0.304. The molecule has 1 aliphatic heterocycles. The van der Waals surface area contributed by atoms with Crippen LogP contribution in [0.15, 0.2) is 24.3 Å². The Labute approximate surface area is 137 Å². The quantitative estimate of drug-likeness (QED) is 0.876. The molecular formula is C18H26FN3O. The molecular weight excluding hydrogens is 293 g/mol. The van der Waals surface area contributed by atoms with Gasteiger partial charge in [-0.25, -0.2) is 9.18 Å². The minimum Gasteiger partial charge on any atom is -0.338 e. The van der Waals surface area contributed by atoms with Crippen molar-refractivity contribution in [3.63, 3.8) is 0 Å². The van der Waals surface area contributed by atoms with Crippen molar-refractivity contribution in [3.8, 4) is 0 Å². The summed E-state index contributed by atoms with van der Waals surface area (Å²) in [7, 11) is 0. The maximum atomic E-state index is 12.8. The molecule has 126 valence electrons. The maximum absolute atomic E-state index is 12.8. The number of halogens is 1. The Balaban J connectivity index is 1.33. The van der Waals surface area contributed by atoms with Gasteiger partial charge in [0.25, 0.3) is 0 Å². The molecule has 1 saturated carbocycles. The SMILES string of the molecule is O=C(NCc1ccc(F)cc1)NC[C@@H]1CCN(C2CCCC2)C1. The number of rotatable bonds is 5. The van der Waals surface area contributed by atoms with Gasteiger partial charge < -0.3 is 15.5 Å². The van der Waals surface area contributed by atoms with Crippen LogP contribution in [-0.2, 0) is 6.54 Å². The van der Waals surface area contributed by atoms with Gasteiger partial charge in [-0.3, -0.25) is 0 Å². The highest BCUT2D eigenvalue weighted by Gasteiger charge is 2.29. The second-order valence-corrected chi connectivity index (χ2v) is 6.78. The van der Waals surface area contributed by atoms with E-state index in [9.17, 15) is 9.18 Å². The summed E-state index contributed by atoms with van der Waals surface area (Å²) in [5, 5.41) is 5.79. The lowest BCUT2D eigenvalue weighted by atomic mass is 10.1. The van der Waals surface area contributed by atoms with Crippen molar-refractivity contribution in [1.82, 2.24) is 15.5 Å². The average molecular weight is 319 g/mol. The fourth-order valence-electron chi connectivity index (χ4n) is 3.71. The van der Waals surface area contributed by atoms with Crippen LogP contribution in [0.1, 0.15) is 37.7 Å². The fraction of sp³-hybridized carbons (Fsp3) is 0.611. The predicted molar refractivity (Wildman–Crippen MR) is 88.6 cm³/mol. The Morgan fingerprint density at radius 2 is 1.87 bits per heavy atom. The summed E-state index contributed by atoms with van der Waals surface area (Å²) < 4.78 is 12.8. The van der Waals surface area contributed by atoms with Crippen molar-refractivity contribution in [3.05, 3.63) is 35.6 Å². The first kappa shape index (κ1) is 16.2. The largest absolute Gasteiger partial charge is 0.338 e. The standard InChI is InChI=1S/C18H26FN3O/c19-16-7-5-14(6-8-16)11-20-18(23)21-12-15-9-10-22(13-15)17-3-1-2-4-17/h5-8,15,17H,1-4,9-13H2,(H2,20,21,23)/t15-/m0/s1. The van der Waals surface area contributed by atoms with Crippen molar-refractivity contribution in [2.24, 2.45) is 5.92 Å². The summed E-state index contributed by atoms with van der Waals surface area (Å²) in [5.41, 5.74) is 0.898. The second-order valence-electron chi connectivity index (χ2n) is 6.78. The minimum atomic E-state index is -0.258. The van der Waals surface area contributed by atoms with Crippen LogP contribution in [0.25, 0.3) is 0 Å². The normalized spacial score (nSPS) is 22.4.